The van der Waals surface area contributed by atoms with Crippen LogP contribution in [0.2, 0.25) is 0 Å². The van der Waals surface area contributed by atoms with Gasteiger partial charge in [0.05, 0.1) is 5.52 Å². The number of fused-ring (bicyclic) bond motifs is 2. The first-order valence-corrected chi connectivity index (χ1v) is 9.82. The van der Waals surface area contributed by atoms with Crippen molar-refractivity contribution in [1.29, 1.82) is 0 Å². The summed E-state index contributed by atoms with van der Waals surface area (Å²) in [7, 11) is 0. The zero-order valence-electron chi connectivity index (χ0n) is 16.8. The van der Waals surface area contributed by atoms with Gasteiger partial charge in [0.2, 0.25) is 0 Å². The average Bonchev–Trinajstić information content (AvgIpc) is 2.81. The van der Waals surface area contributed by atoms with Gasteiger partial charge in [0.1, 0.15) is 23.4 Å². The maximum Gasteiger partial charge on any atom is 0.153 e. The van der Waals surface area contributed by atoms with E-state index in [-0.39, 0.29) is 0 Å². The molecule has 2 heterocycles. The number of hydrogen-bond donors (Lipinski definition) is 1. The monoisotopic (exact) mass is 402 g/mol. The number of nitrogens with one attached hydrogen (secondary N) is 1. The maximum absolute atomic E-state index is 6.19. The molecule has 0 fully saturated rings. The van der Waals surface area contributed by atoms with Crippen molar-refractivity contribution in [2.45, 2.75) is 6.92 Å². The summed E-state index contributed by atoms with van der Waals surface area (Å²) < 4.78 is 6.19. The van der Waals surface area contributed by atoms with E-state index in [1.165, 1.54) is 6.33 Å². The van der Waals surface area contributed by atoms with Crippen LogP contribution in [-0.2, 0) is 0 Å². The number of para-hydroxylation sites is 1. The lowest BCUT2D eigenvalue weighted by Gasteiger charge is -2.13. The molecule has 0 aliphatic rings. The van der Waals surface area contributed by atoms with Crippen LogP contribution in [-0.4, -0.2) is 15.0 Å². The van der Waals surface area contributed by atoms with E-state index in [0.29, 0.717) is 5.82 Å². The lowest BCUT2D eigenvalue weighted by Crippen LogP contribution is -1.97. The topological polar surface area (TPSA) is 59.9 Å². The summed E-state index contributed by atoms with van der Waals surface area (Å²) in [6.45, 7) is 2.01. The SMILES string of the molecule is C#Cc1ccc2ncnc(Nc3ccc(Oc4cccc5cccnc45)c(C)c3)c2c1. The number of terminal acetylenes is 1. The Labute approximate surface area is 179 Å². The van der Waals surface area contributed by atoms with Crippen LogP contribution >= 0.6 is 0 Å². The van der Waals surface area contributed by atoms with Gasteiger partial charge in [0, 0.05) is 28.2 Å². The Bertz CT molecular complexity index is 1460. The first kappa shape index (κ1) is 18.6. The summed E-state index contributed by atoms with van der Waals surface area (Å²) in [5.74, 6) is 4.86. The molecule has 5 aromatic rings. The molecule has 0 saturated heterocycles. The number of aryl methyl sites for hydroxylation is 1. The van der Waals surface area contributed by atoms with Crippen LogP contribution < -0.4 is 10.1 Å². The molecule has 0 atom stereocenters. The van der Waals surface area contributed by atoms with E-state index in [1.807, 2.05) is 73.7 Å². The van der Waals surface area contributed by atoms with Gasteiger partial charge in [-0.1, -0.05) is 24.1 Å². The highest BCUT2D eigenvalue weighted by Gasteiger charge is 2.09. The second-order valence-electron chi connectivity index (χ2n) is 7.14. The summed E-state index contributed by atoms with van der Waals surface area (Å²) in [5.41, 5.74) is 4.33. The van der Waals surface area contributed by atoms with E-state index < -0.39 is 0 Å². The number of pyridine rings is 1. The molecular weight excluding hydrogens is 384 g/mol. The van der Waals surface area contributed by atoms with Gasteiger partial charge in [-0.15, -0.1) is 6.42 Å². The fraction of sp³-hybridized carbons (Fsp3) is 0.0385. The zero-order chi connectivity index (χ0) is 21.2. The minimum absolute atomic E-state index is 0.702. The van der Waals surface area contributed by atoms with E-state index >= 15 is 0 Å². The largest absolute Gasteiger partial charge is 0.455 e. The lowest BCUT2D eigenvalue weighted by atomic mass is 10.1. The molecule has 1 N–H and O–H groups in total. The Kier molecular flexibility index (Phi) is 4.66. The van der Waals surface area contributed by atoms with Crippen LogP contribution in [0.3, 0.4) is 0 Å². The Morgan fingerprint density at radius 2 is 1.81 bits per heavy atom. The molecule has 5 nitrogen and oxygen atoms in total. The summed E-state index contributed by atoms with van der Waals surface area (Å²) in [6, 6.07) is 21.5. The molecule has 0 unspecified atom stereocenters. The molecule has 5 rings (SSSR count). The van der Waals surface area contributed by atoms with E-state index in [9.17, 15) is 0 Å². The summed E-state index contributed by atoms with van der Waals surface area (Å²) in [5, 5.41) is 5.28. The van der Waals surface area contributed by atoms with E-state index in [4.69, 9.17) is 11.2 Å². The van der Waals surface area contributed by atoms with Crippen molar-refractivity contribution in [3.05, 3.63) is 90.4 Å². The standard InChI is InChI=1S/C26H18N4O/c1-3-18-9-11-22-21(15-18)26(29-16-28-22)30-20-10-12-23(17(2)14-20)31-24-8-4-6-19-7-5-13-27-25(19)24/h1,4-16H,2H3,(H,28,29,30). The maximum atomic E-state index is 6.19. The molecule has 2 aromatic heterocycles. The van der Waals surface area contributed by atoms with Gasteiger partial charge >= 0.3 is 0 Å². The summed E-state index contributed by atoms with van der Waals surface area (Å²) in [6.07, 6.45) is 8.86. The van der Waals surface area contributed by atoms with Crippen LogP contribution in [0.25, 0.3) is 21.8 Å². The van der Waals surface area contributed by atoms with Crippen LogP contribution in [0, 0.1) is 19.3 Å². The molecular formula is C26H18N4O. The molecule has 0 amide bonds. The third-order valence-electron chi connectivity index (χ3n) is 5.06. The predicted octanol–water partition coefficient (Wildman–Crippen LogP) is 6.00. The number of hydrogen-bond acceptors (Lipinski definition) is 5. The fourth-order valence-electron chi connectivity index (χ4n) is 3.50. The summed E-state index contributed by atoms with van der Waals surface area (Å²) in [4.78, 5) is 13.2. The quantitative estimate of drug-likeness (QED) is 0.373. The molecule has 0 bridgehead atoms. The third-order valence-corrected chi connectivity index (χ3v) is 5.06. The second-order valence-corrected chi connectivity index (χ2v) is 7.14. The highest BCUT2D eigenvalue weighted by Crippen LogP contribution is 2.32. The highest BCUT2D eigenvalue weighted by atomic mass is 16.5. The third kappa shape index (κ3) is 3.63. The van der Waals surface area contributed by atoms with Gasteiger partial charge in [-0.05, 0) is 61.0 Å². The highest BCUT2D eigenvalue weighted by molar-refractivity contribution is 5.91. The van der Waals surface area contributed by atoms with Crippen LogP contribution in [0.4, 0.5) is 11.5 Å². The van der Waals surface area contributed by atoms with Gasteiger partial charge in [-0.3, -0.25) is 4.98 Å². The number of anilines is 2. The molecule has 0 aliphatic carbocycles. The molecule has 0 spiro atoms. The minimum Gasteiger partial charge on any atom is -0.455 e. The van der Waals surface area contributed by atoms with Crippen LogP contribution in [0.15, 0.2) is 79.3 Å². The second kappa shape index (κ2) is 7.77. The molecule has 31 heavy (non-hydrogen) atoms. The lowest BCUT2D eigenvalue weighted by molar-refractivity contribution is 0.483. The minimum atomic E-state index is 0.702. The molecule has 0 aliphatic heterocycles. The first-order chi connectivity index (χ1) is 15.2. The number of rotatable bonds is 4. The fourth-order valence-corrected chi connectivity index (χ4v) is 3.50. The van der Waals surface area contributed by atoms with Crippen LogP contribution in [0.5, 0.6) is 11.5 Å². The first-order valence-electron chi connectivity index (χ1n) is 9.82. The van der Waals surface area contributed by atoms with Crippen molar-refractivity contribution in [3.63, 3.8) is 0 Å². The van der Waals surface area contributed by atoms with E-state index in [0.717, 1.165) is 50.1 Å². The van der Waals surface area contributed by atoms with Crippen molar-refractivity contribution in [2.24, 2.45) is 0 Å². The normalized spacial score (nSPS) is 10.7. The van der Waals surface area contributed by atoms with Crippen molar-refractivity contribution in [1.82, 2.24) is 15.0 Å². The molecule has 0 saturated carbocycles. The molecule has 148 valence electrons. The number of benzene rings is 3. The Morgan fingerprint density at radius 3 is 2.68 bits per heavy atom. The summed E-state index contributed by atoms with van der Waals surface area (Å²) >= 11 is 0. The number of ether oxygens (including phenoxy) is 1. The zero-order valence-corrected chi connectivity index (χ0v) is 16.8. The predicted molar refractivity (Wildman–Crippen MR) is 124 cm³/mol. The van der Waals surface area contributed by atoms with E-state index in [1.54, 1.807) is 6.20 Å². The van der Waals surface area contributed by atoms with Crippen LogP contribution in [0.1, 0.15) is 11.1 Å². The van der Waals surface area contributed by atoms with Gasteiger partial charge in [-0.2, -0.15) is 0 Å². The molecule has 0 radical (unpaired) electrons. The smallest absolute Gasteiger partial charge is 0.153 e. The average molecular weight is 402 g/mol. The van der Waals surface area contributed by atoms with Gasteiger partial charge in [0.25, 0.3) is 0 Å². The number of aromatic nitrogens is 3. The number of nitrogens with zero attached hydrogens (tertiary/aromatic N) is 3. The van der Waals surface area contributed by atoms with Gasteiger partial charge in [0.15, 0.2) is 5.75 Å². The molecule has 5 heteroatoms. The van der Waals surface area contributed by atoms with Gasteiger partial charge in [-0.25, -0.2) is 9.97 Å². The Morgan fingerprint density at radius 1 is 0.903 bits per heavy atom. The molecule has 3 aromatic carbocycles. The Balaban J connectivity index is 1.45. The van der Waals surface area contributed by atoms with Crippen molar-refractivity contribution >= 4 is 33.3 Å². The van der Waals surface area contributed by atoms with Gasteiger partial charge < -0.3 is 10.1 Å². The van der Waals surface area contributed by atoms with Crippen molar-refractivity contribution < 1.29 is 4.74 Å². The van der Waals surface area contributed by atoms with Crippen molar-refractivity contribution in [2.75, 3.05) is 5.32 Å². The van der Waals surface area contributed by atoms with Crippen molar-refractivity contribution in [3.8, 4) is 23.8 Å². The van der Waals surface area contributed by atoms with E-state index in [2.05, 4.69) is 26.2 Å². The Hall–Kier alpha value is -4.43.